The van der Waals surface area contributed by atoms with E-state index in [0.29, 0.717) is 29.6 Å². The van der Waals surface area contributed by atoms with E-state index in [1.165, 1.54) is 16.8 Å². The molecule has 0 saturated heterocycles. The number of hydrogen-bond donors (Lipinski definition) is 1. The van der Waals surface area contributed by atoms with E-state index in [0.717, 1.165) is 11.6 Å². The molecule has 0 radical (unpaired) electrons. The van der Waals surface area contributed by atoms with E-state index in [4.69, 9.17) is 0 Å². The maximum Gasteiger partial charge on any atom is 0.433 e. The second kappa shape index (κ2) is 8.92. The second-order valence-corrected chi connectivity index (χ2v) is 8.07. The van der Waals surface area contributed by atoms with Crippen molar-refractivity contribution in [2.45, 2.75) is 32.7 Å². The van der Waals surface area contributed by atoms with Gasteiger partial charge in [-0.15, -0.1) is 0 Å². The van der Waals surface area contributed by atoms with Gasteiger partial charge in [0.2, 0.25) is 0 Å². The molecule has 2 aromatic heterocycles. The van der Waals surface area contributed by atoms with Gasteiger partial charge in [-0.05, 0) is 49.7 Å². The molecule has 0 bridgehead atoms. The minimum atomic E-state index is -5.00. The molecule has 12 heteroatoms. The van der Waals surface area contributed by atoms with Crippen LogP contribution in [0.3, 0.4) is 0 Å². The molecule has 0 saturated carbocycles. The minimum Gasteiger partial charge on any atom is -0.319 e. The van der Waals surface area contributed by atoms with Crippen LogP contribution in [0, 0.1) is 19.7 Å². The van der Waals surface area contributed by atoms with Crippen LogP contribution < -0.4 is 5.32 Å². The first-order valence-corrected chi connectivity index (χ1v) is 10.4. The number of amides is 1. The zero-order chi connectivity index (χ0) is 26.4. The van der Waals surface area contributed by atoms with E-state index in [1.807, 2.05) is 0 Å². The summed E-state index contributed by atoms with van der Waals surface area (Å²) < 4.78 is 94.3. The van der Waals surface area contributed by atoms with Gasteiger partial charge in [-0.1, -0.05) is 18.2 Å². The Morgan fingerprint density at radius 2 is 1.61 bits per heavy atom. The smallest absolute Gasteiger partial charge is 0.319 e. The first-order chi connectivity index (χ1) is 16.7. The van der Waals surface area contributed by atoms with E-state index >= 15 is 0 Å². The van der Waals surface area contributed by atoms with Crippen molar-refractivity contribution in [2.75, 3.05) is 5.32 Å². The van der Waals surface area contributed by atoms with E-state index in [1.54, 1.807) is 26.0 Å². The SMILES string of the molecule is Cc1nn(Cc2ccc(F)cc2)c(C)c1NC(=O)c1cc(C(F)(F)F)nc2cc(C(F)(F)F)ccc12. The highest BCUT2D eigenvalue weighted by Crippen LogP contribution is 2.35. The van der Waals surface area contributed by atoms with Crippen molar-refractivity contribution in [1.29, 1.82) is 0 Å². The summed E-state index contributed by atoms with van der Waals surface area (Å²) >= 11 is 0. The molecule has 0 aliphatic rings. The lowest BCUT2D eigenvalue weighted by molar-refractivity contribution is -0.141. The number of nitrogens with one attached hydrogen (secondary N) is 1. The second-order valence-electron chi connectivity index (χ2n) is 8.07. The molecule has 0 aliphatic carbocycles. The van der Waals surface area contributed by atoms with Crippen molar-refractivity contribution in [3.05, 3.63) is 88.1 Å². The number of alkyl halides is 6. The lowest BCUT2D eigenvalue weighted by atomic mass is 10.0. The molecular weight excluding hydrogens is 493 g/mol. The van der Waals surface area contributed by atoms with Gasteiger partial charge in [0.15, 0.2) is 0 Å². The number of carbonyl (C=O) groups is 1. The van der Waals surface area contributed by atoms with Crippen LogP contribution in [0.15, 0.2) is 48.5 Å². The molecule has 2 heterocycles. The zero-order valence-corrected chi connectivity index (χ0v) is 18.7. The Morgan fingerprint density at radius 1 is 0.944 bits per heavy atom. The van der Waals surface area contributed by atoms with Gasteiger partial charge in [-0.3, -0.25) is 9.48 Å². The maximum atomic E-state index is 13.4. The minimum absolute atomic E-state index is 0.178. The first kappa shape index (κ1) is 25.1. The van der Waals surface area contributed by atoms with Crippen molar-refractivity contribution in [2.24, 2.45) is 0 Å². The number of halogens is 7. The normalized spacial score (nSPS) is 12.2. The summed E-state index contributed by atoms with van der Waals surface area (Å²) in [6.45, 7) is 3.44. The average molecular weight is 510 g/mol. The quantitative estimate of drug-likeness (QED) is 0.318. The third-order valence-corrected chi connectivity index (χ3v) is 5.54. The number of fused-ring (bicyclic) bond motifs is 1. The molecular formula is C24H17F7N4O. The van der Waals surface area contributed by atoms with Crippen LogP contribution >= 0.6 is 0 Å². The fourth-order valence-corrected chi connectivity index (χ4v) is 3.71. The van der Waals surface area contributed by atoms with Crippen LogP contribution in [-0.2, 0) is 18.9 Å². The third kappa shape index (κ3) is 5.02. The molecule has 0 fully saturated rings. The Bertz CT molecular complexity index is 1450. The van der Waals surface area contributed by atoms with Crippen LogP contribution in [0.25, 0.3) is 10.9 Å². The largest absolute Gasteiger partial charge is 0.433 e. The fourth-order valence-electron chi connectivity index (χ4n) is 3.71. The molecule has 4 aromatic rings. The Hall–Kier alpha value is -3.96. The van der Waals surface area contributed by atoms with Crippen LogP contribution in [0.2, 0.25) is 0 Å². The monoisotopic (exact) mass is 510 g/mol. The van der Waals surface area contributed by atoms with Crippen LogP contribution in [0.1, 0.15) is 38.6 Å². The third-order valence-electron chi connectivity index (χ3n) is 5.54. The van der Waals surface area contributed by atoms with Crippen molar-refractivity contribution in [1.82, 2.24) is 14.8 Å². The van der Waals surface area contributed by atoms with E-state index in [-0.39, 0.29) is 17.6 Å². The van der Waals surface area contributed by atoms with E-state index in [9.17, 15) is 35.5 Å². The molecule has 0 atom stereocenters. The number of pyridine rings is 1. The fraction of sp³-hybridized carbons (Fsp3) is 0.208. The summed E-state index contributed by atoms with van der Waals surface area (Å²) in [4.78, 5) is 16.4. The van der Waals surface area contributed by atoms with Crippen molar-refractivity contribution in [3.8, 4) is 0 Å². The topological polar surface area (TPSA) is 59.8 Å². The summed E-state index contributed by atoms with van der Waals surface area (Å²) in [7, 11) is 0. The predicted molar refractivity (Wildman–Crippen MR) is 117 cm³/mol. The van der Waals surface area contributed by atoms with Crippen molar-refractivity contribution >= 4 is 22.5 Å². The number of carbonyl (C=O) groups excluding carboxylic acids is 1. The lowest BCUT2D eigenvalue weighted by Gasteiger charge is -2.14. The molecule has 36 heavy (non-hydrogen) atoms. The number of anilines is 1. The molecule has 0 unspecified atom stereocenters. The molecule has 4 rings (SSSR count). The molecule has 1 N–H and O–H groups in total. The summed E-state index contributed by atoms with van der Waals surface area (Å²) in [5, 5.41) is 6.67. The van der Waals surface area contributed by atoms with Crippen molar-refractivity contribution < 1.29 is 35.5 Å². The van der Waals surface area contributed by atoms with Gasteiger partial charge in [0, 0.05) is 5.39 Å². The number of nitrogens with zero attached hydrogens (tertiary/aromatic N) is 3. The summed E-state index contributed by atoms with van der Waals surface area (Å²) in [6, 6.07) is 8.23. The van der Waals surface area contributed by atoms with Gasteiger partial charge in [0.05, 0.1) is 40.3 Å². The number of hydrogen-bond acceptors (Lipinski definition) is 3. The predicted octanol–water partition coefficient (Wildman–Crippen LogP) is 6.53. The van der Waals surface area contributed by atoms with Gasteiger partial charge in [-0.2, -0.15) is 31.4 Å². The van der Waals surface area contributed by atoms with Crippen LogP contribution in [0.5, 0.6) is 0 Å². The summed E-state index contributed by atoms with van der Waals surface area (Å²) in [5.41, 5.74) is -2.03. The van der Waals surface area contributed by atoms with Gasteiger partial charge >= 0.3 is 12.4 Å². The molecule has 1 amide bonds. The summed E-state index contributed by atoms with van der Waals surface area (Å²) in [5.74, 6) is -1.38. The van der Waals surface area contributed by atoms with Gasteiger partial charge in [-0.25, -0.2) is 9.37 Å². The number of benzene rings is 2. The number of aryl methyl sites for hydroxylation is 1. The van der Waals surface area contributed by atoms with Crippen LogP contribution in [0.4, 0.5) is 36.4 Å². The van der Waals surface area contributed by atoms with E-state index in [2.05, 4.69) is 15.4 Å². The standard InChI is InChI=1S/C24H17F7N4O/c1-12-21(13(2)35(34-12)11-14-3-6-16(25)7-4-14)33-22(36)18-10-20(24(29,30)31)32-19-9-15(23(26,27)28)5-8-17(18)19/h3-10H,11H2,1-2H3,(H,33,36). The number of rotatable bonds is 4. The average Bonchev–Trinajstić information content (AvgIpc) is 3.05. The Balaban J connectivity index is 1.73. The first-order valence-electron chi connectivity index (χ1n) is 10.4. The van der Waals surface area contributed by atoms with Crippen molar-refractivity contribution in [3.63, 3.8) is 0 Å². The Labute approximate surface area is 199 Å². The van der Waals surface area contributed by atoms with Crippen LogP contribution in [-0.4, -0.2) is 20.7 Å². The van der Waals surface area contributed by atoms with E-state index < -0.39 is 46.4 Å². The highest BCUT2D eigenvalue weighted by atomic mass is 19.4. The maximum absolute atomic E-state index is 13.4. The Kier molecular flexibility index (Phi) is 6.23. The molecule has 188 valence electrons. The van der Waals surface area contributed by atoms with Gasteiger partial charge < -0.3 is 5.32 Å². The molecule has 2 aromatic carbocycles. The lowest BCUT2D eigenvalue weighted by Crippen LogP contribution is -2.17. The molecule has 5 nitrogen and oxygen atoms in total. The Morgan fingerprint density at radius 3 is 2.22 bits per heavy atom. The molecule has 0 spiro atoms. The molecule has 0 aliphatic heterocycles. The summed E-state index contributed by atoms with van der Waals surface area (Å²) in [6.07, 6.45) is -9.80. The highest BCUT2D eigenvalue weighted by Gasteiger charge is 2.35. The van der Waals surface area contributed by atoms with Gasteiger partial charge in [0.1, 0.15) is 11.5 Å². The zero-order valence-electron chi connectivity index (χ0n) is 18.7. The number of aromatic nitrogens is 3. The highest BCUT2D eigenvalue weighted by molar-refractivity contribution is 6.12. The van der Waals surface area contributed by atoms with Gasteiger partial charge in [0.25, 0.3) is 5.91 Å².